The zero-order valence-electron chi connectivity index (χ0n) is 14.8. The van der Waals surface area contributed by atoms with E-state index in [1.165, 1.54) is 17.8 Å². The Balaban J connectivity index is 1.77. The molecular formula is C17H24N6O2. The lowest BCUT2D eigenvalue weighted by Gasteiger charge is -2.22. The average molecular weight is 344 g/mol. The van der Waals surface area contributed by atoms with Gasteiger partial charge in [0.1, 0.15) is 0 Å². The molecule has 134 valence electrons. The minimum absolute atomic E-state index is 0.0892. The molecule has 1 heterocycles. The van der Waals surface area contributed by atoms with Crippen LogP contribution in [0.25, 0.3) is 0 Å². The first-order valence-corrected chi connectivity index (χ1v) is 8.01. The normalized spacial score (nSPS) is 11.2. The number of nitrogens with zero attached hydrogens (tertiary/aromatic N) is 4. The van der Waals surface area contributed by atoms with Crippen molar-refractivity contribution in [2.45, 2.75) is 6.54 Å². The molecule has 0 saturated heterocycles. The van der Waals surface area contributed by atoms with Gasteiger partial charge in [-0.2, -0.15) is 0 Å². The summed E-state index contributed by atoms with van der Waals surface area (Å²) in [7, 11) is 5.77. The first-order valence-electron chi connectivity index (χ1n) is 8.01. The van der Waals surface area contributed by atoms with Crippen LogP contribution < -0.4 is 10.6 Å². The molecule has 0 unspecified atom stereocenters. The quantitative estimate of drug-likeness (QED) is 0.264. The Kier molecular flexibility index (Phi) is 6.39. The zero-order valence-corrected chi connectivity index (χ0v) is 14.8. The maximum atomic E-state index is 10.6. The summed E-state index contributed by atoms with van der Waals surface area (Å²) in [6, 6.07) is 10.5. The molecule has 2 aromatic rings. The third-order valence-corrected chi connectivity index (χ3v) is 3.84. The summed E-state index contributed by atoms with van der Waals surface area (Å²) in [5.74, 6) is 0.812. The Labute approximate surface area is 147 Å². The summed E-state index contributed by atoms with van der Waals surface area (Å²) < 4.78 is 2.08. The molecular weight excluding hydrogens is 320 g/mol. The van der Waals surface area contributed by atoms with Gasteiger partial charge in [-0.05, 0) is 24.3 Å². The van der Waals surface area contributed by atoms with Gasteiger partial charge in [-0.25, -0.2) is 0 Å². The van der Waals surface area contributed by atoms with Crippen molar-refractivity contribution in [1.29, 1.82) is 0 Å². The monoisotopic (exact) mass is 344 g/mol. The van der Waals surface area contributed by atoms with Crippen LogP contribution in [0, 0.1) is 10.1 Å². The van der Waals surface area contributed by atoms with Crippen molar-refractivity contribution in [2.24, 2.45) is 12.0 Å². The van der Waals surface area contributed by atoms with Crippen molar-refractivity contribution >= 4 is 17.3 Å². The van der Waals surface area contributed by atoms with Gasteiger partial charge in [0.05, 0.1) is 11.5 Å². The summed E-state index contributed by atoms with van der Waals surface area (Å²) >= 11 is 0. The van der Waals surface area contributed by atoms with Gasteiger partial charge in [-0.3, -0.25) is 15.1 Å². The van der Waals surface area contributed by atoms with E-state index in [9.17, 15) is 10.1 Å². The maximum Gasteiger partial charge on any atom is 0.269 e. The third kappa shape index (κ3) is 5.23. The molecule has 1 aromatic carbocycles. The number of nitrogens with one attached hydrogen (secondary N) is 2. The molecule has 2 rings (SSSR count). The number of aliphatic imine (C=N–C) groups is 1. The van der Waals surface area contributed by atoms with Crippen molar-refractivity contribution in [2.75, 3.05) is 32.5 Å². The van der Waals surface area contributed by atoms with Crippen molar-refractivity contribution in [3.05, 3.63) is 58.4 Å². The van der Waals surface area contributed by atoms with Gasteiger partial charge in [-0.1, -0.05) is 0 Å². The average Bonchev–Trinajstić information content (AvgIpc) is 3.00. The van der Waals surface area contributed by atoms with Crippen LogP contribution in [-0.2, 0) is 13.6 Å². The molecule has 8 heteroatoms. The number of hydrogen-bond acceptors (Lipinski definition) is 4. The summed E-state index contributed by atoms with van der Waals surface area (Å²) in [4.78, 5) is 16.6. The highest BCUT2D eigenvalue weighted by Crippen LogP contribution is 2.14. The lowest BCUT2D eigenvalue weighted by Crippen LogP contribution is -2.40. The van der Waals surface area contributed by atoms with E-state index in [1.54, 1.807) is 19.2 Å². The minimum atomic E-state index is -0.405. The van der Waals surface area contributed by atoms with Gasteiger partial charge >= 0.3 is 0 Å². The molecule has 2 N–H and O–H groups in total. The Morgan fingerprint density at radius 3 is 2.56 bits per heavy atom. The number of nitro benzene ring substituents is 1. The number of hydrogen-bond donors (Lipinski definition) is 2. The fourth-order valence-electron chi connectivity index (χ4n) is 2.45. The highest BCUT2D eigenvalue weighted by atomic mass is 16.6. The van der Waals surface area contributed by atoms with Crippen LogP contribution in [0.3, 0.4) is 0 Å². The second-order valence-corrected chi connectivity index (χ2v) is 5.67. The van der Waals surface area contributed by atoms with Crippen LogP contribution in [-0.4, -0.2) is 47.5 Å². The molecule has 1 aromatic heterocycles. The van der Waals surface area contributed by atoms with Crippen molar-refractivity contribution in [1.82, 2.24) is 14.8 Å². The van der Waals surface area contributed by atoms with E-state index in [2.05, 4.69) is 31.2 Å². The fraction of sp³-hybridized carbons (Fsp3) is 0.353. The number of anilines is 1. The Bertz CT molecular complexity index is 723. The van der Waals surface area contributed by atoms with E-state index in [0.29, 0.717) is 13.1 Å². The number of aromatic nitrogens is 1. The number of non-ortho nitro benzene ring substituents is 1. The number of aryl methyl sites for hydroxylation is 1. The van der Waals surface area contributed by atoms with Gasteiger partial charge in [0.15, 0.2) is 5.96 Å². The van der Waals surface area contributed by atoms with E-state index in [1.807, 2.05) is 26.4 Å². The molecule has 0 spiro atoms. The highest BCUT2D eigenvalue weighted by molar-refractivity contribution is 5.79. The summed E-state index contributed by atoms with van der Waals surface area (Å²) in [5.41, 5.74) is 2.14. The van der Waals surface area contributed by atoms with Crippen LogP contribution in [0.15, 0.2) is 47.6 Å². The number of benzene rings is 1. The van der Waals surface area contributed by atoms with Crippen molar-refractivity contribution in [3.8, 4) is 0 Å². The standard InChI is InChI=1S/C17H24N6O2/c1-18-17(22(3)13-16-5-4-12-21(16)2)20-11-10-19-14-6-8-15(9-7-14)23(24)25/h4-9,12,19H,10-11,13H2,1-3H3,(H,18,20). The van der Waals surface area contributed by atoms with Crippen molar-refractivity contribution in [3.63, 3.8) is 0 Å². The topological polar surface area (TPSA) is 87.7 Å². The van der Waals surface area contributed by atoms with Crippen LogP contribution in [0.2, 0.25) is 0 Å². The molecule has 0 bridgehead atoms. The number of guanidine groups is 1. The molecule has 0 saturated carbocycles. The largest absolute Gasteiger partial charge is 0.383 e. The highest BCUT2D eigenvalue weighted by Gasteiger charge is 2.08. The zero-order chi connectivity index (χ0) is 18.2. The van der Waals surface area contributed by atoms with Gasteiger partial charge in [-0.15, -0.1) is 0 Å². The lowest BCUT2D eigenvalue weighted by molar-refractivity contribution is -0.384. The molecule has 25 heavy (non-hydrogen) atoms. The smallest absolute Gasteiger partial charge is 0.269 e. The Hall–Kier alpha value is -3.03. The second kappa shape index (κ2) is 8.72. The second-order valence-electron chi connectivity index (χ2n) is 5.67. The molecule has 0 aliphatic carbocycles. The van der Waals surface area contributed by atoms with E-state index in [-0.39, 0.29) is 5.69 Å². The van der Waals surface area contributed by atoms with Crippen LogP contribution >= 0.6 is 0 Å². The van der Waals surface area contributed by atoms with Crippen LogP contribution in [0.4, 0.5) is 11.4 Å². The van der Waals surface area contributed by atoms with Gasteiger partial charge in [0, 0.05) is 63.9 Å². The predicted molar refractivity (Wildman–Crippen MR) is 99.8 cm³/mol. The fourth-order valence-corrected chi connectivity index (χ4v) is 2.45. The molecule has 0 amide bonds. The third-order valence-electron chi connectivity index (χ3n) is 3.84. The first-order chi connectivity index (χ1) is 12.0. The summed E-state index contributed by atoms with van der Waals surface area (Å²) in [6.45, 7) is 2.12. The lowest BCUT2D eigenvalue weighted by atomic mass is 10.3. The predicted octanol–water partition coefficient (Wildman–Crippen LogP) is 2.05. The summed E-state index contributed by atoms with van der Waals surface area (Å²) in [6.07, 6.45) is 2.02. The van der Waals surface area contributed by atoms with Crippen molar-refractivity contribution < 1.29 is 4.92 Å². The number of nitro groups is 1. The van der Waals surface area contributed by atoms with E-state index < -0.39 is 4.92 Å². The van der Waals surface area contributed by atoms with Crippen LogP contribution in [0.5, 0.6) is 0 Å². The van der Waals surface area contributed by atoms with E-state index in [0.717, 1.165) is 18.2 Å². The molecule has 0 aliphatic heterocycles. The van der Waals surface area contributed by atoms with Crippen LogP contribution in [0.1, 0.15) is 5.69 Å². The first kappa shape index (κ1) is 18.3. The molecule has 0 aliphatic rings. The SMILES string of the molecule is CN=C(NCCNc1ccc([N+](=O)[O-])cc1)N(C)Cc1cccn1C. The van der Waals surface area contributed by atoms with Gasteiger partial charge in [0.2, 0.25) is 0 Å². The number of rotatable bonds is 7. The Morgan fingerprint density at radius 2 is 2.00 bits per heavy atom. The summed E-state index contributed by atoms with van der Waals surface area (Å²) in [5, 5.41) is 17.2. The molecule has 0 fully saturated rings. The molecule has 0 radical (unpaired) electrons. The van der Waals surface area contributed by atoms with Gasteiger partial charge < -0.3 is 20.1 Å². The Morgan fingerprint density at radius 1 is 1.28 bits per heavy atom. The van der Waals surface area contributed by atoms with Gasteiger partial charge in [0.25, 0.3) is 5.69 Å². The molecule has 0 atom stereocenters. The maximum absolute atomic E-state index is 10.6. The minimum Gasteiger partial charge on any atom is -0.383 e. The van der Waals surface area contributed by atoms with E-state index in [4.69, 9.17) is 0 Å². The molecule has 8 nitrogen and oxygen atoms in total. The van der Waals surface area contributed by atoms with E-state index >= 15 is 0 Å².